The molecule has 0 radical (unpaired) electrons. The molecule has 3 heterocycles. The van der Waals surface area contributed by atoms with Crippen LogP contribution in [0.2, 0.25) is 0 Å². The second kappa shape index (κ2) is 7.56. The summed E-state index contributed by atoms with van der Waals surface area (Å²) < 4.78 is 0. The summed E-state index contributed by atoms with van der Waals surface area (Å²) in [5.41, 5.74) is 8.15. The monoisotopic (exact) mass is 373 g/mol. The summed E-state index contributed by atoms with van der Waals surface area (Å²) in [6, 6.07) is 34.9. The summed E-state index contributed by atoms with van der Waals surface area (Å²) >= 11 is 0. The highest BCUT2D eigenvalue weighted by Crippen LogP contribution is 2.35. The van der Waals surface area contributed by atoms with Crippen molar-refractivity contribution in [1.82, 2.24) is 15.0 Å². The first-order valence-corrected chi connectivity index (χ1v) is 9.61. The van der Waals surface area contributed by atoms with Crippen molar-refractivity contribution < 1.29 is 0 Å². The van der Waals surface area contributed by atoms with Gasteiger partial charge in [-0.15, -0.1) is 0 Å². The first kappa shape index (κ1) is 17.1. The fourth-order valence-electron chi connectivity index (χ4n) is 3.51. The molecular formula is C26H19N3. The molecule has 0 saturated heterocycles. The average Bonchev–Trinajstić information content (AvgIpc) is 3.27. The van der Waals surface area contributed by atoms with E-state index >= 15 is 0 Å². The maximum Gasteiger partial charge on any atom is 0.0894 e. The van der Waals surface area contributed by atoms with E-state index in [-0.39, 0.29) is 0 Å². The predicted molar refractivity (Wildman–Crippen MR) is 118 cm³/mol. The van der Waals surface area contributed by atoms with Crippen molar-refractivity contribution in [3.8, 4) is 45.2 Å². The van der Waals surface area contributed by atoms with Gasteiger partial charge in [-0.05, 0) is 41.5 Å². The van der Waals surface area contributed by atoms with Crippen molar-refractivity contribution in [3.05, 3.63) is 109 Å². The zero-order chi connectivity index (χ0) is 19.5. The Bertz CT molecular complexity index is 1230. The Morgan fingerprint density at radius 3 is 1.93 bits per heavy atom. The lowest BCUT2D eigenvalue weighted by molar-refractivity contribution is 1.23. The molecule has 0 aliphatic carbocycles. The van der Waals surface area contributed by atoms with Crippen LogP contribution >= 0.6 is 0 Å². The maximum atomic E-state index is 4.91. The van der Waals surface area contributed by atoms with Gasteiger partial charge in [0.05, 0.1) is 22.8 Å². The third-order valence-corrected chi connectivity index (χ3v) is 4.92. The van der Waals surface area contributed by atoms with Gasteiger partial charge >= 0.3 is 0 Å². The summed E-state index contributed by atoms with van der Waals surface area (Å²) in [5.74, 6) is 0. The van der Waals surface area contributed by atoms with Gasteiger partial charge in [-0.25, -0.2) is 4.98 Å². The van der Waals surface area contributed by atoms with Gasteiger partial charge in [0, 0.05) is 17.5 Å². The fraction of sp³-hybridized carbons (Fsp3) is 0. The van der Waals surface area contributed by atoms with E-state index in [1.54, 1.807) is 6.20 Å². The quantitative estimate of drug-likeness (QED) is 0.392. The molecule has 3 heteroatoms. The van der Waals surface area contributed by atoms with Crippen LogP contribution in [0.5, 0.6) is 0 Å². The topological polar surface area (TPSA) is 41.6 Å². The highest BCUT2D eigenvalue weighted by Gasteiger charge is 2.15. The largest absolute Gasteiger partial charge is 0.353 e. The molecule has 29 heavy (non-hydrogen) atoms. The maximum absolute atomic E-state index is 4.91. The van der Waals surface area contributed by atoms with Crippen molar-refractivity contribution in [3.63, 3.8) is 0 Å². The number of benzene rings is 2. The number of aromatic nitrogens is 3. The zero-order valence-corrected chi connectivity index (χ0v) is 15.8. The molecule has 0 bridgehead atoms. The molecule has 1 N–H and O–H groups in total. The predicted octanol–water partition coefficient (Wildman–Crippen LogP) is 6.47. The average molecular weight is 373 g/mol. The standard InChI is InChI=1S/C26H19N3/c1-3-10-19(11-4-1)21-18-25(20-12-5-2-6-13-20)29-26(21)24-16-9-15-23(28-24)22-14-7-8-17-27-22/h1-18,29H. The highest BCUT2D eigenvalue weighted by molar-refractivity contribution is 5.85. The summed E-state index contributed by atoms with van der Waals surface area (Å²) in [6.07, 6.45) is 1.79. The molecule has 0 atom stereocenters. The van der Waals surface area contributed by atoms with Crippen molar-refractivity contribution in [2.75, 3.05) is 0 Å². The Balaban J connectivity index is 1.67. The molecule has 0 aliphatic heterocycles. The number of pyridine rings is 2. The number of hydrogen-bond acceptors (Lipinski definition) is 2. The molecule has 0 spiro atoms. The number of hydrogen-bond donors (Lipinski definition) is 1. The minimum absolute atomic E-state index is 0.859. The van der Waals surface area contributed by atoms with Crippen molar-refractivity contribution in [2.24, 2.45) is 0 Å². The minimum atomic E-state index is 0.859. The number of nitrogens with zero attached hydrogens (tertiary/aromatic N) is 2. The Morgan fingerprint density at radius 1 is 0.552 bits per heavy atom. The fourth-order valence-corrected chi connectivity index (χ4v) is 3.51. The second-order valence-electron chi connectivity index (χ2n) is 6.83. The van der Waals surface area contributed by atoms with Crippen LogP contribution in [0, 0.1) is 0 Å². The number of rotatable bonds is 4. The van der Waals surface area contributed by atoms with Crippen LogP contribution in [0.25, 0.3) is 45.2 Å². The molecule has 5 aromatic rings. The molecular weight excluding hydrogens is 354 g/mol. The lowest BCUT2D eigenvalue weighted by Crippen LogP contribution is -1.91. The van der Waals surface area contributed by atoms with Crippen molar-refractivity contribution in [2.45, 2.75) is 0 Å². The molecule has 2 aromatic carbocycles. The van der Waals surface area contributed by atoms with E-state index in [1.807, 2.05) is 48.5 Å². The van der Waals surface area contributed by atoms with E-state index in [0.29, 0.717) is 0 Å². The van der Waals surface area contributed by atoms with Gasteiger partial charge in [-0.3, -0.25) is 4.98 Å². The van der Waals surface area contributed by atoms with Crippen LogP contribution in [0.15, 0.2) is 109 Å². The Hall–Kier alpha value is -3.98. The van der Waals surface area contributed by atoms with Gasteiger partial charge in [-0.1, -0.05) is 72.8 Å². The van der Waals surface area contributed by atoms with Crippen LogP contribution in [0.1, 0.15) is 0 Å². The summed E-state index contributed by atoms with van der Waals surface area (Å²) in [5, 5.41) is 0. The summed E-state index contributed by atoms with van der Waals surface area (Å²) in [7, 11) is 0. The Labute approximate surface area is 169 Å². The molecule has 3 aromatic heterocycles. The normalized spacial score (nSPS) is 10.8. The lowest BCUT2D eigenvalue weighted by Gasteiger charge is -2.06. The molecule has 138 valence electrons. The third kappa shape index (κ3) is 3.46. The molecule has 0 amide bonds. The Kier molecular flexibility index (Phi) is 4.47. The van der Waals surface area contributed by atoms with E-state index in [9.17, 15) is 0 Å². The highest BCUT2D eigenvalue weighted by atomic mass is 14.8. The first-order chi connectivity index (χ1) is 14.4. The van der Waals surface area contributed by atoms with Gasteiger partial charge in [0.25, 0.3) is 0 Å². The van der Waals surface area contributed by atoms with E-state index < -0.39 is 0 Å². The first-order valence-electron chi connectivity index (χ1n) is 9.61. The van der Waals surface area contributed by atoms with Gasteiger partial charge in [-0.2, -0.15) is 0 Å². The smallest absolute Gasteiger partial charge is 0.0894 e. The van der Waals surface area contributed by atoms with Crippen LogP contribution in [-0.2, 0) is 0 Å². The molecule has 0 saturated carbocycles. The van der Waals surface area contributed by atoms with Gasteiger partial charge < -0.3 is 4.98 Å². The minimum Gasteiger partial charge on any atom is -0.353 e. The molecule has 3 nitrogen and oxygen atoms in total. The molecule has 0 fully saturated rings. The second-order valence-corrected chi connectivity index (χ2v) is 6.83. The zero-order valence-electron chi connectivity index (χ0n) is 15.8. The SMILES string of the molecule is c1ccc(-c2cc(-c3ccccc3)c(-c3cccc(-c4ccccn4)n3)[nH]2)cc1. The van der Waals surface area contributed by atoms with Crippen LogP contribution in [-0.4, -0.2) is 15.0 Å². The van der Waals surface area contributed by atoms with Crippen LogP contribution in [0.3, 0.4) is 0 Å². The molecule has 5 rings (SSSR count). The number of nitrogens with one attached hydrogen (secondary N) is 1. The number of aromatic amines is 1. The summed E-state index contributed by atoms with van der Waals surface area (Å²) in [6.45, 7) is 0. The van der Waals surface area contributed by atoms with E-state index in [0.717, 1.165) is 45.2 Å². The lowest BCUT2D eigenvalue weighted by atomic mass is 10.0. The van der Waals surface area contributed by atoms with Gasteiger partial charge in [0.15, 0.2) is 0 Å². The molecule has 0 aliphatic rings. The number of H-pyrrole nitrogens is 1. The summed E-state index contributed by atoms with van der Waals surface area (Å²) in [4.78, 5) is 13.0. The molecule has 0 unspecified atom stereocenters. The van der Waals surface area contributed by atoms with Crippen molar-refractivity contribution in [1.29, 1.82) is 0 Å². The van der Waals surface area contributed by atoms with Crippen LogP contribution < -0.4 is 0 Å². The van der Waals surface area contributed by atoms with E-state index in [2.05, 4.69) is 64.6 Å². The van der Waals surface area contributed by atoms with Crippen LogP contribution in [0.4, 0.5) is 0 Å². The van der Waals surface area contributed by atoms with Gasteiger partial charge in [0.1, 0.15) is 0 Å². The van der Waals surface area contributed by atoms with E-state index in [1.165, 1.54) is 0 Å². The Morgan fingerprint density at radius 2 is 1.21 bits per heavy atom. The van der Waals surface area contributed by atoms with Gasteiger partial charge in [0.2, 0.25) is 0 Å². The van der Waals surface area contributed by atoms with E-state index in [4.69, 9.17) is 4.98 Å². The third-order valence-electron chi connectivity index (χ3n) is 4.92. The van der Waals surface area contributed by atoms with Crippen molar-refractivity contribution >= 4 is 0 Å².